The summed E-state index contributed by atoms with van der Waals surface area (Å²) in [6, 6.07) is 0. The van der Waals surface area contributed by atoms with Crippen LogP contribution in [0.25, 0.3) is 0 Å². The van der Waals surface area contributed by atoms with Gasteiger partial charge >= 0.3 is 0 Å². The molecule has 0 aromatic heterocycles. The molecule has 0 rings (SSSR count). The SMILES string of the molecule is C=COCCOCCN(C)C. The first kappa shape index (κ1) is 10.5. The summed E-state index contributed by atoms with van der Waals surface area (Å²) in [5, 5.41) is 0. The lowest BCUT2D eigenvalue weighted by atomic mass is 10.6. The average Bonchev–Trinajstić information content (AvgIpc) is 1.96. The summed E-state index contributed by atoms with van der Waals surface area (Å²) >= 11 is 0. The molecule has 0 unspecified atom stereocenters. The number of nitrogens with zero attached hydrogens (tertiary/aromatic N) is 1. The summed E-state index contributed by atoms with van der Waals surface area (Å²) in [7, 11) is 4.03. The molecule has 0 aromatic rings. The molecule has 0 aliphatic carbocycles. The number of hydrogen-bond acceptors (Lipinski definition) is 3. The van der Waals surface area contributed by atoms with Crippen molar-refractivity contribution in [3.63, 3.8) is 0 Å². The molecule has 3 nitrogen and oxygen atoms in total. The Labute approximate surface area is 68.6 Å². The Balaban J connectivity index is 2.85. The lowest BCUT2D eigenvalue weighted by Gasteiger charge is -2.09. The van der Waals surface area contributed by atoms with Gasteiger partial charge in [-0.3, -0.25) is 0 Å². The minimum Gasteiger partial charge on any atom is -0.499 e. The van der Waals surface area contributed by atoms with E-state index in [0.717, 1.165) is 13.2 Å². The van der Waals surface area contributed by atoms with Crippen molar-refractivity contribution in [3.8, 4) is 0 Å². The second-order valence-corrected chi connectivity index (χ2v) is 2.45. The Kier molecular flexibility index (Phi) is 7.19. The lowest BCUT2D eigenvalue weighted by Crippen LogP contribution is -2.18. The van der Waals surface area contributed by atoms with Crippen molar-refractivity contribution in [1.82, 2.24) is 4.90 Å². The maximum Gasteiger partial charge on any atom is 0.111 e. The molecular weight excluding hydrogens is 142 g/mol. The Morgan fingerprint density at radius 1 is 1.27 bits per heavy atom. The Morgan fingerprint density at radius 2 is 2.00 bits per heavy atom. The van der Waals surface area contributed by atoms with Gasteiger partial charge < -0.3 is 14.4 Å². The van der Waals surface area contributed by atoms with E-state index in [2.05, 4.69) is 11.5 Å². The largest absolute Gasteiger partial charge is 0.499 e. The predicted octanol–water partition coefficient (Wildman–Crippen LogP) is 0.725. The molecule has 0 aliphatic rings. The van der Waals surface area contributed by atoms with Crippen LogP contribution in [0, 0.1) is 0 Å². The topological polar surface area (TPSA) is 21.7 Å². The molecule has 0 aliphatic heterocycles. The molecule has 0 fully saturated rings. The summed E-state index contributed by atoms with van der Waals surface area (Å²) in [4.78, 5) is 2.08. The van der Waals surface area contributed by atoms with Crippen LogP contribution in [0.2, 0.25) is 0 Å². The fraction of sp³-hybridized carbons (Fsp3) is 0.750. The molecule has 0 atom stereocenters. The van der Waals surface area contributed by atoms with Crippen molar-refractivity contribution in [2.75, 3.05) is 40.5 Å². The Morgan fingerprint density at radius 3 is 2.55 bits per heavy atom. The summed E-state index contributed by atoms with van der Waals surface area (Å²) in [5.41, 5.74) is 0. The highest BCUT2D eigenvalue weighted by Gasteiger charge is 1.89. The van der Waals surface area contributed by atoms with Gasteiger partial charge in [0.05, 0.1) is 19.5 Å². The normalized spacial score (nSPS) is 10.1. The van der Waals surface area contributed by atoms with Gasteiger partial charge in [-0.25, -0.2) is 0 Å². The van der Waals surface area contributed by atoms with Crippen LogP contribution in [0.15, 0.2) is 12.8 Å². The smallest absolute Gasteiger partial charge is 0.111 e. The summed E-state index contributed by atoms with van der Waals surface area (Å²) in [6.07, 6.45) is 1.43. The third kappa shape index (κ3) is 9.46. The number of hydrogen-bond donors (Lipinski definition) is 0. The highest BCUT2D eigenvalue weighted by Crippen LogP contribution is 1.80. The van der Waals surface area contributed by atoms with Crippen molar-refractivity contribution in [2.24, 2.45) is 0 Å². The zero-order valence-electron chi connectivity index (χ0n) is 7.38. The van der Waals surface area contributed by atoms with E-state index < -0.39 is 0 Å². The number of likely N-dealkylation sites (N-methyl/N-ethyl adjacent to an activating group) is 1. The molecule has 0 bridgehead atoms. The van der Waals surface area contributed by atoms with Crippen molar-refractivity contribution < 1.29 is 9.47 Å². The molecule has 0 saturated heterocycles. The van der Waals surface area contributed by atoms with Crippen LogP contribution in [-0.4, -0.2) is 45.4 Å². The van der Waals surface area contributed by atoms with Gasteiger partial charge in [0.15, 0.2) is 0 Å². The van der Waals surface area contributed by atoms with E-state index >= 15 is 0 Å². The lowest BCUT2D eigenvalue weighted by molar-refractivity contribution is 0.0760. The molecule has 0 spiro atoms. The predicted molar refractivity (Wildman–Crippen MR) is 45.5 cm³/mol. The van der Waals surface area contributed by atoms with E-state index in [1.165, 1.54) is 6.26 Å². The number of ether oxygens (including phenoxy) is 2. The molecule has 66 valence electrons. The minimum atomic E-state index is 0.594. The maximum atomic E-state index is 5.23. The van der Waals surface area contributed by atoms with Crippen molar-refractivity contribution in [3.05, 3.63) is 12.8 Å². The van der Waals surface area contributed by atoms with E-state index in [-0.39, 0.29) is 0 Å². The van der Waals surface area contributed by atoms with Gasteiger partial charge in [0.2, 0.25) is 0 Å². The quantitative estimate of drug-likeness (QED) is 0.403. The van der Waals surface area contributed by atoms with Gasteiger partial charge in [0.25, 0.3) is 0 Å². The third-order valence-corrected chi connectivity index (χ3v) is 1.15. The van der Waals surface area contributed by atoms with Crippen LogP contribution in [-0.2, 0) is 9.47 Å². The molecule has 0 N–H and O–H groups in total. The molecule has 0 heterocycles. The van der Waals surface area contributed by atoms with Crippen molar-refractivity contribution >= 4 is 0 Å². The second-order valence-electron chi connectivity index (χ2n) is 2.45. The Hall–Kier alpha value is -0.540. The van der Waals surface area contributed by atoms with Crippen LogP contribution in [0.4, 0.5) is 0 Å². The van der Waals surface area contributed by atoms with E-state index in [4.69, 9.17) is 9.47 Å². The van der Waals surface area contributed by atoms with E-state index in [9.17, 15) is 0 Å². The van der Waals surface area contributed by atoms with Gasteiger partial charge in [0.1, 0.15) is 6.61 Å². The molecule has 0 amide bonds. The van der Waals surface area contributed by atoms with Crippen LogP contribution in [0.3, 0.4) is 0 Å². The van der Waals surface area contributed by atoms with Crippen molar-refractivity contribution in [2.45, 2.75) is 0 Å². The van der Waals surface area contributed by atoms with Gasteiger partial charge in [0, 0.05) is 6.54 Å². The Bertz CT molecular complexity index is 94.1. The number of rotatable bonds is 7. The highest BCUT2D eigenvalue weighted by atomic mass is 16.5. The molecule has 0 saturated carbocycles. The van der Waals surface area contributed by atoms with Crippen LogP contribution in [0.5, 0.6) is 0 Å². The van der Waals surface area contributed by atoms with E-state index in [1.54, 1.807) is 0 Å². The van der Waals surface area contributed by atoms with Gasteiger partial charge in [-0.2, -0.15) is 0 Å². The van der Waals surface area contributed by atoms with Crippen LogP contribution < -0.4 is 0 Å². The maximum absolute atomic E-state index is 5.23. The van der Waals surface area contributed by atoms with E-state index in [0.29, 0.717) is 13.2 Å². The minimum absolute atomic E-state index is 0.594. The third-order valence-electron chi connectivity index (χ3n) is 1.15. The first-order valence-electron chi connectivity index (χ1n) is 3.72. The van der Waals surface area contributed by atoms with Crippen LogP contribution in [0.1, 0.15) is 0 Å². The molecule has 3 heteroatoms. The summed E-state index contributed by atoms with van der Waals surface area (Å²) in [5.74, 6) is 0. The van der Waals surface area contributed by atoms with Gasteiger partial charge in [-0.05, 0) is 14.1 Å². The first-order chi connectivity index (χ1) is 5.27. The fourth-order valence-electron chi connectivity index (χ4n) is 0.540. The molecular formula is C8H17NO2. The van der Waals surface area contributed by atoms with Crippen molar-refractivity contribution in [1.29, 1.82) is 0 Å². The molecule has 11 heavy (non-hydrogen) atoms. The fourth-order valence-corrected chi connectivity index (χ4v) is 0.540. The second kappa shape index (κ2) is 7.57. The first-order valence-corrected chi connectivity index (χ1v) is 3.72. The zero-order valence-corrected chi connectivity index (χ0v) is 7.38. The summed E-state index contributed by atoms with van der Waals surface area (Å²) < 4.78 is 10.1. The molecule has 0 radical (unpaired) electrons. The van der Waals surface area contributed by atoms with Gasteiger partial charge in [-0.15, -0.1) is 0 Å². The average molecular weight is 159 g/mol. The molecule has 0 aromatic carbocycles. The monoisotopic (exact) mass is 159 g/mol. The standard InChI is InChI=1S/C8H17NO2/c1-4-10-7-8-11-6-5-9(2)3/h4H,1,5-8H2,2-3H3. The zero-order chi connectivity index (χ0) is 8.53. The highest BCUT2D eigenvalue weighted by molar-refractivity contribution is 4.48. The van der Waals surface area contributed by atoms with Crippen LogP contribution >= 0.6 is 0 Å². The summed E-state index contributed by atoms with van der Waals surface area (Å²) in [6.45, 7) is 6.36. The van der Waals surface area contributed by atoms with E-state index in [1.807, 2.05) is 14.1 Å². The van der Waals surface area contributed by atoms with Gasteiger partial charge in [-0.1, -0.05) is 6.58 Å².